The van der Waals surface area contributed by atoms with Crippen LogP contribution in [0.1, 0.15) is 10.5 Å². The van der Waals surface area contributed by atoms with E-state index in [4.69, 9.17) is 4.74 Å². The molecule has 8 nitrogen and oxygen atoms in total. The van der Waals surface area contributed by atoms with E-state index in [-0.39, 0.29) is 17.1 Å². The molecule has 25 heavy (non-hydrogen) atoms. The Morgan fingerprint density at radius 1 is 1.12 bits per heavy atom. The van der Waals surface area contributed by atoms with E-state index in [1.54, 1.807) is 6.07 Å². The molecule has 0 saturated heterocycles. The van der Waals surface area contributed by atoms with Gasteiger partial charge in [0.15, 0.2) is 6.61 Å². The molecule has 3 rings (SSSR count). The lowest BCUT2D eigenvalue weighted by atomic mass is 10.2. The third-order valence-corrected chi connectivity index (χ3v) is 3.42. The Balaban J connectivity index is 1.59. The lowest BCUT2D eigenvalue weighted by molar-refractivity contribution is -0.384. The molecule has 1 amide bonds. The summed E-state index contributed by atoms with van der Waals surface area (Å²) in [7, 11) is 0. The van der Waals surface area contributed by atoms with E-state index in [1.807, 2.05) is 24.3 Å². The van der Waals surface area contributed by atoms with E-state index in [9.17, 15) is 19.7 Å². The van der Waals surface area contributed by atoms with Crippen molar-refractivity contribution < 1.29 is 19.2 Å². The highest BCUT2D eigenvalue weighted by molar-refractivity contribution is 5.97. The fourth-order valence-electron chi connectivity index (χ4n) is 2.29. The van der Waals surface area contributed by atoms with Crippen LogP contribution in [0.5, 0.6) is 0 Å². The summed E-state index contributed by atoms with van der Waals surface area (Å²) < 4.78 is 4.95. The number of nitro groups is 1. The quantitative estimate of drug-likeness (QED) is 0.421. The van der Waals surface area contributed by atoms with Gasteiger partial charge in [-0.15, -0.1) is 0 Å². The van der Waals surface area contributed by atoms with Crippen LogP contribution in [0.3, 0.4) is 0 Å². The second kappa shape index (κ2) is 6.83. The van der Waals surface area contributed by atoms with Crippen molar-refractivity contribution in [2.45, 2.75) is 0 Å². The fraction of sp³-hybridized carbons (Fsp3) is 0.0588. The number of carbonyl (C=O) groups is 2. The number of H-pyrrole nitrogens is 1. The van der Waals surface area contributed by atoms with Crippen molar-refractivity contribution >= 4 is 34.2 Å². The van der Waals surface area contributed by atoms with Gasteiger partial charge in [0.1, 0.15) is 5.69 Å². The zero-order valence-corrected chi connectivity index (χ0v) is 12.9. The molecule has 2 N–H and O–H groups in total. The summed E-state index contributed by atoms with van der Waals surface area (Å²) in [5, 5.41) is 14.0. The van der Waals surface area contributed by atoms with Crippen LogP contribution in [0, 0.1) is 10.1 Å². The number of esters is 1. The Labute approximate surface area is 141 Å². The molecule has 1 heterocycles. The van der Waals surface area contributed by atoms with Gasteiger partial charge < -0.3 is 15.0 Å². The smallest absolute Gasteiger partial charge is 0.355 e. The number of anilines is 1. The number of nitro benzene ring substituents is 1. The lowest BCUT2D eigenvalue weighted by Gasteiger charge is -2.05. The van der Waals surface area contributed by atoms with Crippen LogP contribution in [-0.2, 0) is 9.53 Å². The van der Waals surface area contributed by atoms with Crippen molar-refractivity contribution in [1.82, 2.24) is 4.98 Å². The molecule has 0 aliphatic carbocycles. The number of para-hydroxylation sites is 1. The molecular formula is C17H13N3O5. The second-order valence-corrected chi connectivity index (χ2v) is 5.20. The number of amides is 1. The van der Waals surface area contributed by atoms with Crippen molar-refractivity contribution in [2.75, 3.05) is 11.9 Å². The maximum absolute atomic E-state index is 12.0. The highest BCUT2D eigenvalue weighted by atomic mass is 16.6. The van der Waals surface area contributed by atoms with Crippen molar-refractivity contribution in [1.29, 1.82) is 0 Å². The van der Waals surface area contributed by atoms with E-state index in [0.29, 0.717) is 0 Å². The van der Waals surface area contributed by atoms with Crippen LogP contribution >= 0.6 is 0 Å². The molecule has 0 aliphatic rings. The highest BCUT2D eigenvalue weighted by Gasteiger charge is 2.14. The van der Waals surface area contributed by atoms with E-state index < -0.39 is 23.4 Å². The number of benzene rings is 2. The third-order valence-electron chi connectivity index (χ3n) is 3.42. The molecule has 3 aromatic rings. The zero-order chi connectivity index (χ0) is 17.8. The maximum atomic E-state index is 12.0. The summed E-state index contributed by atoms with van der Waals surface area (Å²) in [6, 6.07) is 14.5. The SMILES string of the molecule is O=C(COC(=O)c1cc2ccccc2[nH]1)Nc1cccc([N+](=O)[O-])c1. The molecule has 0 unspecified atom stereocenters. The summed E-state index contributed by atoms with van der Waals surface area (Å²) >= 11 is 0. The minimum absolute atomic E-state index is 0.145. The number of rotatable bonds is 5. The number of ether oxygens (including phenoxy) is 1. The number of aromatic nitrogens is 1. The predicted octanol–water partition coefficient (Wildman–Crippen LogP) is 2.87. The number of nitrogens with one attached hydrogen (secondary N) is 2. The van der Waals surface area contributed by atoms with Gasteiger partial charge in [0.05, 0.1) is 4.92 Å². The molecule has 8 heteroatoms. The van der Waals surface area contributed by atoms with Gasteiger partial charge in [-0.05, 0) is 18.2 Å². The molecule has 0 saturated carbocycles. The highest BCUT2D eigenvalue weighted by Crippen LogP contribution is 2.17. The second-order valence-electron chi connectivity index (χ2n) is 5.20. The zero-order valence-electron chi connectivity index (χ0n) is 12.9. The lowest BCUT2D eigenvalue weighted by Crippen LogP contribution is -2.21. The first-order valence-corrected chi connectivity index (χ1v) is 7.32. The van der Waals surface area contributed by atoms with E-state index in [1.165, 1.54) is 24.3 Å². The van der Waals surface area contributed by atoms with Crippen LogP contribution in [0.25, 0.3) is 10.9 Å². The van der Waals surface area contributed by atoms with Gasteiger partial charge in [0.2, 0.25) is 0 Å². The van der Waals surface area contributed by atoms with Crippen molar-refractivity contribution in [3.8, 4) is 0 Å². The molecule has 1 aromatic heterocycles. The first-order valence-electron chi connectivity index (χ1n) is 7.32. The number of hydrogen-bond donors (Lipinski definition) is 2. The molecule has 0 bridgehead atoms. The topological polar surface area (TPSA) is 114 Å². The van der Waals surface area contributed by atoms with Gasteiger partial charge in [-0.2, -0.15) is 0 Å². The maximum Gasteiger partial charge on any atom is 0.355 e. The van der Waals surface area contributed by atoms with Gasteiger partial charge in [0, 0.05) is 28.7 Å². The molecular weight excluding hydrogens is 326 g/mol. The number of aromatic amines is 1. The summed E-state index contributed by atoms with van der Waals surface area (Å²) in [5.41, 5.74) is 1.13. The number of hydrogen-bond acceptors (Lipinski definition) is 5. The number of fused-ring (bicyclic) bond motifs is 1. The van der Waals surface area contributed by atoms with Gasteiger partial charge in [-0.3, -0.25) is 14.9 Å². The van der Waals surface area contributed by atoms with Crippen LogP contribution < -0.4 is 5.32 Å². The third kappa shape index (κ3) is 3.81. The molecule has 2 aromatic carbocycles. The van der Waals surface area contributed by atoms with Crippen LogP contribution in [0.4, 0.5) is 11.4 Å². The summed E-state index contributed by atoms with van der Waals surface area (Å²) in [4.78, 5) is 36.9. The van der Waals surface area contributed by atoms with Gasteiger partial charge in [-0.25, -0.2) is 4.79 Å². The van der Waals surface area contributed by atoms with Gasteiger partial charge in [-0.1, -0.05) is 24.3 Å². The largest absolute Gasteiger partial charge is 0.451 e. The van der Waals surface area contributed by atoms with Crippen molar-refractivity contribution in [3.05, 3.63) is 70.4 Å². The van der Waals surface area contributed by atoms with Crippen molar-refractivity contribution in [2.24, 2.45) is 0 Å². The van der Waals surface area contributed by atoms with E-state index in [2.05, 4.69) is 10.3 Å². The average molecular weight is 339 g/mol. The Hall–Kier alpha value is -3.68. The minimum Gasteiger partial charge on any atom is -0.451 e. The number of nitrogens with zero attached hydrogens (tertiary/aromatic N) is 1. The average Bonchev–Trinajstić information content (AvgIpc) is 3.04. The molecule has 0 fully saturated rings. The van der Waals surface area contributed by atoms with Crippen LogP contribution in [0.2, 0.25) is 0 Å². The number of carbonyl (C=O) groups excluding carboxylic acids is 2. The monoisotopic (exact) mass is 339 g/mol. The Morgan fingerprint density at radius 3 is 2.68 bits per heavy atom. The molecule has 126 valence electrons. The first-order chi connectivity index (χ1) is 12.0. The van der Waals surface area contributed by atoms with E-state index >= 15 is 0 Å². The normalized spacial score (nSPS) is 10.4. The van der Waals surface area contributed by atoms with Gasteiger partial charge >= 0.3 is 5.97 Å². The van der Waals surface area contributed by atoms with E-state index in [0.717, 1.165) is 10.9 Å². The van der Waals surface area contributed by atoms with Crippen LogP contribution in [0.15, 0.2) is 54.6 Å². The summed E-state index contributed by atoms with van der Waals surface area (Å²) in [6.45, 7) is -0.503. The molecule has 0 aliphatic heterocycles. The Bertz CT molecular complexity index is 931. The van der Waals surface area contributed by atoms with Crippen molar-refractivity contribution in [3.63, 3.8) is 0 Å². The first kappa shape index (κ1) is 16.2. The fourth-order valence-corrected chi connectivity index (χ4v) is 2.29. The summed E-state index contributed by atoms with van der Waals surface area (Å²) in [6.07, 6.45) is 0. The summed E-state index contributed by atoms with van der Waals surface area (Å²) in [5.74, 6) is -1.25. The van der Waals surface area contributed by atoms with Gasteiger partial charge in [0.25, 0.3) is 11.6 Å². The molecule has 0 radical (unpaired) electrons. The molecule has 0 spiro atoms. The Morgan fingerprint density at radius 2 is 1.92 bits per heavy atom. The molecule has 0 atom stereocenters. The standard InChI is InChI=1S/C17H13N3O5/c21-16(18-12-5-3-6-13(9-12)20(23)24)10-25-17(22)15-8-11-4-1-2-7-14(11)19-15/h1-9,19H,10H2,(H,18,21). The predicted molar refractivity (Wildman–Crippen MR) is 90.3 cm³/mol. The number of non-ortho nitro benzene ring substituents is 1. The van der Waals surface area contributed by atoms with Crippen LogP contribution in [-0.4, -0.2) is 28.4 Å². The minimum atomic E-state index is -0.662. The Kier molecular flexibility index (Phi) is 4.42.